The third-order valence-corrected chi connectivity index (χ3v) is 15.0. The van der Waals surface area contributed by atoms with Gasteiger partial charge in [0.25, 0.3) is 0 Å². The summed E-state index contributed by atoms with van der Waals surface area (Å²) in [6.45, 7) is 4.42. The number of rotatable bonds is 4. The van der Waals surface area contributed by atoms with Crippen molar-refractivity contribution in [3.05, 3.63) is 35.9 Å². The van der Waals surface area contributed by atoms with E-state index in [1.54, 1.807) is 50.1 Å². The molecule has 0 saturated carbocycles. The summed E-state index contributed by atoms with van der Waals surface area (Å²) in [7, 11) is 10.6. The summed E-state index contributed by atoms with van der Waals surface area (Å²) >= 11 is 5.76. The van der Waals surface area contributed by atoms with Gasteiger partial charge in [-0.3, -0.25) is 5.32 Å². The molecule has 1 N–H and O–H groups in total. The van der Waals surface area contributed by atoms with Crippen LogP contribution in [-0.4, -0.2) is 10.2 Å². The standard InChI is InChI=1S/C12H15NS7/c1-3-9(2)13-12(10-7-5-4-6-8-10)11(14)15-17-19-20-18-16-12/h4-9,13H,3H2,1-2H3. The Bertz CT molecular complexity index is 441. The van der Waals surface area contributed by atoms with Crippen molar-refractivity contribution in [2.45, 2.75) is 31.2 Å². The minimum atomic E-state index is -0.303. The van der Waals surface area contributed by atoms with Crippen molar-refractivity contribution in [2.75, 3.05) is 0 Å². The fourth-order valence-corrected chi connectivity index (χ4v) is 15.2. The van der Waals surface area contributed by atoms with E-state index in [-0.39, 0.29) is 4.87 Å². The van der Waals surface area contributed by atoms with Crippen molar-refractivity contribution >= 4 is 77.3 Å². The zero-order valence-electron chi connectivity index (χ0n) is 11.0. The number of nitrogens with one attached hydrogen (secondary N) is 1. The highest BCUT2D eigenvalue weighted by atomic mass is 33.9. The van der Waals surface area contributed by atoms with E-state index in [0.29, 0.717) is 6.04 Å². The number of hydrogen-bond donors (Lipinski definition) is 1. The van der Waals surface area contributed by atoms with Crippen molar-refractivity contribution in [3.63, 3.8) is 0 Å². The Hall–Kier alpha value is 1.37. The van der Waals surface area contributed by atoms with Gasteiger partial charge in [-0.25, -0.2) is 0 Å². The van der Waals surface area contributed by atoms with E-state index in [9.17, 15) is 0 Å². The molecule has 0 spiro atoms. The normalized spacial score (nSPS) is 25.8. The zero-order valence-corrected chi connectivity index (χ0v) is 16.7. The third-order valence-electron chi connectivity index (χ3n) is 2.88. The van der Waals surface area contributed by atoms with Gasteiger partial charge < -0.3 is 0 Å². The van der Waals surface area contributed by atoms with Crippen LogP contribution in [0.2, 0.25) is 0 Å². The fraction of sp³-hybridized carbons (Fsp3) is 0.417. The van der Waals surface area contributed by atoms with Crippen LogP contribution in [0.3, 0.4) is 0 Å². The molecule has 0 amide bonds. The number of benzene rings is 1. The van der Waals surface area contributed by atoms with E-state index in [0.717, 1.165) is 10.6 Å². The summed E-state index contributed by atoms with van der Waals surface area (Å²) in [6, 6.07) is 11.0. The number of hydrogen-bond acceptors (Lipinski definition) is 8. The molecule has 1 aliphatic rings. The third kappa shape index (κ3) is 4.44. The average molecular weight is 398 g/mol. The van der Waals surface area contributed by atoms with E-state index in [1.165, 1.54) is 5.56 Å². The first-order valence-corrected chi connectivity index (χ1v) is 14.0. The molecule has 1 aromatic carbocycles. The molecule has 0 radical (unpaired) electrons. The van der Waals surface area contributed by atoms with Gasteiger partial charge in [-0.05, 0) is 79.8 Å². The van der Waals surface area contributed by atoms with Gasteiger partial charge in [-0.1, -0.05) is 49.5 Å². The van der Waals surface area contributed by atoms with E-state index in [2.05, 4.69) is 49.5 Å². The lowest BCUT2D eigenvalue weighted by Crippen LogP contribution is -2.48. The first-order valence-electron chi connectivity index (χ1n) is 6.09. The second-order valence-electron chi connectivity index (χ2n) is 4.23. The van der Waals surface area contributed by atoms with Crippen LogP contribution >= 0.6 is 73.1 Å². The Labute approximate surface area is 148 Å². The fourth-order valence-electron chi connectivity index (χ4n) is 1.68. The van der Waals surface area contributed by atoms with Crippen molar-refractivity contribution in [1.82, 2.24) is 5.32 Å². The molecule has 0 aromatic heterocycles. The molecule has 1 heterocycles. The molecule has 0 bridgehead atoms. The lowest BCUT2D eigenvalue weighted by atomic mass is 10.1. The van der Waals surface area contributed by atoms with Gasteiger partial charge >= 0.3 is 0 Å². The van der Waals surface area contributed by atoms with Gasteiger partial charge in [-0.2, -0.15) is 0 Å². The van der Waals surface area contributed by atoms with Gasteiger partial charge in [0.15, 0.2) is 0 Å². The molecule has 2 rings (SSSR count). The molecule has 1 nitrogen and oxygen atoms in total. The second-order valence-corrected chi connectivity index (χ2v) is 14.3. The van der Waals surface area contributed by atoms with Crippen molar-refractivity contribution in [1.29, 1.82) is 0 Å². The van der Waals surface area contributed by atoms with Gasteiger partial charge in [0.05, 0.1) is 4.20 Å². The molecule has 8 heteroatoms. The largest absolute Gasteiger partial charge is 0.291 e. The lowest BCUT2D eigenvalue weighted by Gasteiger charge is -2.37. The van der Waals surface area contributed by atoms with Crippen LogP contribution in [0, 0.1) is 0 Å². The first kappa shape index (κ1) is 17.7. The predicted molar refractivity (Wildman–Crippen MR) is 109 cm³/mol. The Morgan fingerprint density at radius 2 is 1.85 bits per heavy atom. The van der Waals surface area contributed by atoms with Crippen LogP contribution in [0.1, 0.15) is 25.8 Å². The number of thiocarbonyl (C=S) groups is 1. The van der Waals surface area contributed by atoms with Gasteiger partial charge in [0, 0.05) is 6.04 Å². The van der Waals surface area contributed by atoms with E-state index in [1.807, 2.05) is 10.8 Å². The highest BCUT2D eigenvalue weighted by Gasteiger charge is 2.40. The van der Waals surface area contributed by atoms with Crippen molar-refractivity contribution in [2.24, 2.45) is 0 Å². The highest BCUT2D eigenvalue weighted by Crippen LogP contribution is 2.62. The Balaban J connectivity index is 2.37. The highest BCUT2D eigenvalue weighted by molar-refractivity contribution is 9.43. The van der Waals surface area contributed by atoms with Crippen LogP contribution in [0.25, 0.3) is 0 Å². The molecule has 20 heavy (non-hydrogen) atoms. The van der Waals surface area contributed by atoms with Gasteiger partial charge in [0.1, 0.15) is 4.87 Å². The topological polar surface area (TPSA) is 12.0 Å². The first-order chi connectivity index (χ1) is 9.69. The molecule has 2 unspecified atom stereocenters. The maximum absolute atomic E-state index is 5.76. The monoisotopic (exact) mass is 397 g/mol. The molecule has 1 fully saturated rings. The summed E-state index contributed by atoms with van der Waals surface area (Å²) in [6.07, 6.45) is 1.09. The SMILES string of the molecule is CCC(C)NC1(c2ccccc2)SSSSSSC1=S. The second kappa shape index (κ2) is 8.86. The van der Waals surface area contributed by atoms with Crippen LogP contribution in [-0.2, 0) is 4.87 Å². The predicted octanol–water partition coefficient (Wildman–Crippen LogP) is 6.54. The Morgan fingerprint density at radius 1 is 1.15 bits per heavy atom. The van der Waals surface area contributed by atoms with Crippen molar-refractivity contribution in [3.8, 4) is 0 Å². The summed E-state index contributed by atoms with van der Waals surface area (Å²) in [5.41, 5.74) is 1.24. The van der Waals surface area contributed by atoms with E-state index >= 15 is 0 Å². The molecular weight excluding hydrogens is 383 g/mol. The molecule has 1 aliphatic heterocycles. The zero-order chi connectivity index (χ0) is 14.4. The molecule has 1 aromatic rings. The molecule has 2 atom stereocenters. The van der Waals surface area contributed by atoms with Crippen LogP contribution in [0.15, 0.2) is 30.3 Å². The Morgan fingerprint density at radius 3 is 2.55 bits per heavy atom. The molecular formula is C12H15NS7. The maximum atomic E-state index is 5.76. The average Bonchev–Trinajstić information content (AvgIpc) is 2.48. The van der Waals surface area contributed by atoms with E-state index in [4.69, 9.17) is 12.2 Å². The van der Waals surface area contributed by atoms with E-state index < -0.39 is 0 Å². The summed E-state index contributed by atoms with van der Waals surface area (Å²) < 4.78 is 0.999. The molecule has 110 valence electrons. The summed E-state index contributed by atoms with van der Waals surface area (Å²) in [4.78, 5) is -0.303. The maximum Gasteiger partial charge on any atom is 0.144 e. The van der Waals surface area contributed by atoms with Crippen molar-refractivity contribution < 1.29 is 0 Å². The lowest BCUT2D eigenvalue weighted by molar-refractivity contribution is 0.490. The minimum Gasteiger partial charge on any atom is -0.291 e. The minimum absolute atomic E-state index is 0.303. The quantitative estimate of drug-likeness (QED) is 0.448. The summed E-state index contributed by atoms with van der Waals surface area (Å²) in [5.74, 6) is 0. The molecule has 0 aliphatic carbocycles. The van der Waals surface area contributed by atoms with Gasteiger partial charge in [-0.15, -0.1) is 0 Å². The summed E-state index contributed by atoms with van der Waals surface area (Å²) in [5, 5.41) is 3.76. The van der Waals surface area contributed by atoms with Gasteiger partial charge in [0.2, 0.25) is 0 Å². The van der Waals surface area contributed by atoms with Crippen LogP contribution in [0.4, 0.5) is 0 Å². The van der Waals surface area contributed by atoms with Crippen LogP contribution < -0.4 is 5.32 Å². The molecule has 1 saturated heterocycles. The smallest absolute Gasteiger partial charge is 0.144 e. The Kier molecular flexibility index (Phi) is 7.85. The van der Waals surface area contributed by atoms with Crippen LogP contribution in [0.5, 0.6) is 0 Å².